The van der Waals surface area contributed by atoms with Crippen molar-refractivity contribution in [1.82, 2.24) is 9.97 Å². The van der Waals surface area contributed by atoms with Gasteiger partial charge in [-0.3, -0.25) is 0 Å². The molecule has 21 heavy (non-hydrogen) atoms. The first kappa shape index (κ1) is 13.7. The summed E-state index contributed by atoms with van der Waals surface area (Å²) in [5.41, 5.74) is 4.57. The van der Waals surface area contributed by atoms with Crippen molar-refractivity contribution < 1.29 is 0 Å². The molecule has 1 heterocycles. The molecule has 1 aromatic heterocycles. The van der Waals surface area contributed by atoms with Crippen LogP contribution in [0.15, 0.2) is 48.5 Å². The number of aromatic amines is 1. The van der Waals surface area contributed by atoms with Crippen molar-refractivity contribution in [3.63, 3.8) is 0 Å². The van der Waals surface area contributed by atoms with Crippen molar-refractivity contribution in [2.24, 2.45) is 0 Å². The number of hydrogen-bond acceptors (Lipinski definition) is 2. The standard InChI is InChI=1S/C18H21N3/c1-3-7-16(14-8-5-4-6-9-14)21-15-10-11-17-18(12-15)20-13(2)19-17/h4-6,8-12,16,21H,3,7H2,1-2H3,(H,19,20). The van der Waals surface area contributed by atoms with Gasteiger partial charge in [-0.15, -0.1) is 0 Å². The molecule has 0 radical (unpaired) electrons. The topological polar surface area (TPSA) is 40.7 Å². The zero-order valence-corrected chi connectivity index (χ0v) is 12.6. The van der Waals surface area contributed by atoms with Crippen LogP contribution >= 0.6 is 0 Å². The molecule has 0 aliphatic carbocycles. The Morgan fingerprint density at radius 2 is 1.95 bits per heavy atom. The van der Waals surface area contributed by atoms with E-state index in [4.69, 9.17) is 0 Å². The number of H-pyrrole nitrogens is 1. The number of aryl methyl sites for hydroxylation is 1. The number of hydrogen-bond donors (Lipinski definition) is 2. The average molecular weight is 279 g/mol. The molecule has 0 aliphatic heterocycles. The van der Waals surface area contributed by atoms with Gasteiger partial charge in [0.2, 0.25) is 0 Å². The molecule has 0 saturated carbocycles. The van der Waals surface area contributed by atoms with E-state index in [1.54, 1.807) is 0 Å². The summed E-state index contributed by atoms with van der Waals surface area (Å²) in [7, 11) is 0. The van der Waals surface area contributed by atoms with Crippen LogP contribution in [0.25, 0.3) is 11.0 Å². The second kappa shape index (κ2) is 6.00. The number of benzene rings is 2. The third kappa shape index (κ3) is 3.07. The summed E-state index contributed by atoms with van der Waals surface area (Å²) in [6.07, 6.45) is 2.27. The lowest BCUT2D eigenvalue weighted by Crippen LogP contribution is -2.10. The van der Waals surface area contributed by atoms with E-state index in [-0.39, 0.29) is 0 Å². The van der Waals surface area contributed by atoms with Gasteiger partial charge in [0.15, 0.2) is 0 Å². The molecule has 1 unspecified atom stereocenters. The molecule has 3 rings (SSSR count). The summed E-state index contributed by atoms with van der Waals surface area (Å²) in [5, 5.41) is 3.65. The first-order valence-electron chi connectivity index (χ1n) is 7.54. The molecule has 108 valence electrons. The summed E-state index contributed by atoms with van der Waals surface area (Å²) in [6.45, 7) is 4.20. The van der Waals surface area contributed by atoms with Crippen molar-refractivity contribution in [2.45, 2.75) is 32.7 Å². The van der Waals surface area contributed by atoms with Crippen LogP contribution in [-0.2, 0) is 0 Å². The van der Waals surface area contributed by atoms with Crippen LogP contribution in [0.3, 0.4) is 0 Å². The molecule has 3 aromatic rings. The molecule has 2 aromatic carbocycles. The second-order valence-electron chi connectivity index (χ2n) is 5.45. The summed E-state index contributed by atoms with van der Waals surface area (Å²) in [5.74, 6) is 0.954. The van der Waals surface area contributed by atoms with Crippen LogP contribution in [0.2, 0.25) is 0 Å². The molecule has 0 amide bonds. The Morgan fingerprint density at radius 3 is 2.71 bits per heavy atom. The summed E-state index contributed by atoms with van der Waals surface area (Å²) < 4.78 is 0. The SMILES string of the molecule is CCCC(Nc1ccc2nc(C)[nH]c2c1)c1ccccc1. The fourth-order valence-corrected chi connectivity index (χ4v) is 2.72. The Balaban J connectivity index is 1.86. The predicted molar refractivity (Wildman–Crippen MR) is 88.5 cm³/mol. The molecular weight excluding hydrogens is 258 g/mol. The van der Waals surface area contributed by atoms with E-state index in [1.165, 1.54) is 5.56 Å². The Hall–Kier alpha value is -2.29. The van der Waals surface area contributed by atoms with Crippen LogP contribution in [0.4, 0.5) is 5.69 Å². The first-order valence-corrected chi connectivity index (χ1v) is 7.54. The molecule has 3 heteroatoms. The summed E-state index contributed by atoms with van der Waals surface area (Å²) in [4.78, 5) is 7.74. The minimum atomic E-state index is 0.345. The van der Waals surface area contributed by atoms with E-state index >= 15 is 0 Å². The zero-order chi connectivity index (χ0) is 14.7. The number of anilines is 1. The van der Waals surface area contributed by atoms with Gasteiger partial charge in [-0.25, -0.2) is 4.98 Å². The number of imidazole rings is 1. The third-order valence-electron chi connectivity index (χ3n) is 3.72. The van der Waals surface area contributed by atoms with Gasteiger partial charge in [-0.2, -0.15) is 0 Å². The van der Waals surface area contributed by atoms with Gasteiger partial charge >= 0.3 is 0 Å². The van der Waals surface area contributed by atoms with Crippen LogP contribution < -0.4 is 5.32 Å². The quantitative estimate of drug-likeness (QED) is 0.702. The third-order valence-corrected chi connectivity index (χ3v) is 3.72. The first-order chi connectivity index (χ1) is 10.3. The maximum atomic E-state index is 4.44. The molecular formula is C18H21N3. The zero-order valence-electron chi connectivity index (χ0n) is 12.6. The van der Waals surface area contributed by atoms with E-state index < -0.39 is 0 Å². The van der Waals surface area contributed by atoms with Crippen molar-refractivity contribution in [1.29, 1.82) is 0 Å². The monoisotopic (exact) mass is 279 g/mol. The second-order valence-corrected chi connectivity index (χ2v) is 5.45. The minimum absolute atomic E-state index is 0.345. The van der Waals surface area contributed by atoms with Crippen LogP contribution in [0.5, 0.6) is 0 Å². The van der Waals surface area contributed by atoms with Gasteiger partial charge in [-0.05, 0) is 37.1 Å². The molecule has 2 N–H and O–H groups in total. The predicted octanol–water partition coefficient (Wildman–Crippen LogP) is 4.82. The molecule has 1 atom stereocenters. The highest BCUT2D eigenvalue weighted by molar-refractivity contribution is 5.79. The summed E-state index contributed by atoms with van der Waals surface area (Å²) in [6, 6.07) is 17.3. The maximum Gasteiger partial charge on any atom is 0.104 e. The lowest BCUT2D eigenvalue weighted by Gasteiger charge is -2.20. The van der Waals surface area contributed by atoms with Crippen molar-refractivity contribution in [2.75, 3.05) is 5.32 Å². The Labute approximate surface area is 125 Å². The summed E-state index contributed by atoms with van der Waals surface area (Å²) >= 11 is 0. The number of nitrogens with zero attached hydrogens (tertiary/aromatic N) is 1. The van der Waals surface area contributed by atoms with Crippen LogP contribution in [0.1, 0.15) is 37.2 Å². The smallest absolute Gasteiger partial charge is 0.104 e. The van der Waals surface area contributed by atoms with E-state index in [9.17, 15) is 0 Å². The Bertz CT molecular complexity index is 716. The largest absolute Gasteiger partial charge is 0.378 e. The van der Waals surface area contributed by atoms with Gasteiger partial charge in [0, 0.05) is 5.69 Å². The minimum Gasteiger partial charge on any atom is -0.378 e. The van der Waals surface area contributed by atoms with Crippen molar-refractivity contribution in [3.8, 4) is 0 Å². The van der Waals surface area contributed by atoms with Gasteiger partial charge in [0.25, 0.3) is 0 Å². The molecule has 0 spiro atoms. The van der Waals surface area contributed by atoms with Crippen LogP contribution in [0, 0.1) is 6.92 Å². The Morgan fingerprint density at radius 1 is 1.14 bits per heavy atom. The lowest BCUT2D eigenvalue weighted by atomic mass is 10.0. The van der Waals surface area contributed by atoms with Gasteiger partial charge in [-0.1, -0.05) is 43.7 Å². The molecule has 0 aliphatic rings. The fraction of sp³-hybridized carbons (Fsp3) is 0.278. The molecule has 0 fully saturated rings. The molecule has 0 saturated heterocycles. The van der Waals surface area contributed by atoms with Gasteiger partial charge < -0.3 is 10.3 Å². The van der Waals surface area contributed by atoms with E-state index in [0.29, 0.717) is 6.04 Å². The van der Waals surface area contributed by atoms with Gasteiger partial charge in [0.1, 0.15) is 5.82 Å². The van der Waals surface area contributed by atoms with Crippen molar-refractivity contribution in [3.05, 3.63) is 59.9 Å². The number of rotatable bonds is 5. The van der Waals surface area contributed by atoms with E-state index in [1.807, 2.05) is 6.92 Å². The van der Waals surface area contributed by atoms with Crippen molar-refractivity contribution >= 4 is 16.7 Å². The number of fused-ring (bicyclic) bond motifs is 1. The molecule has 3 nitrogen and oxygen atoms in total. The van der Waals surface area contributed by atoms with E-state index in [2.05, 4.69) is 70.7 Å². The maximum absolute atomic E-state index is 4.44. The van der Waals surface area contributed by atoms with E-state index in [0.717, 1.165) is 35.4 Å². The fourth-order valence-electron chi connectivity index (χ4n) is 2.72. The van der Waals surface area contributed by atoms with Crippen LogP contribution in [-0.4, -0.2) is 9.97 Å². The highest BCUT2D eigenvalue weighted by Gasteiger charge is 2.10. The highest BCUT2D eigenvalue weighted by atomic mass is 14.9. The average Bonchev–Trinajstić information content (AvgIpc) is 2.87. The number of nitrogens with one attached hydrogen (secondary N) is 2. The molecule has 0 bridgehead atoms. The Kier molecular flexibility index (Phi) is 3.91. The normalized spacial score (nSPS) is 12.5. The van der Waals surface area contributed by atoms with Gasteiger partial charge in [0.05, 0.1) is 17.1 Å². The lowest BCUT2D eigenvalue weighted by molar-refractivity contribution is 0.678. The number of aromatic nitrogens is 2. The highest BCUT2D eigenvalue weighted by Crippen LogP contribution is 2.25.